The van der Waals surface area contributed by atoms with Crippen LogP contribution in [0.2, 0.25) is 0 Å². The SMILES string of the molecule is Cc1cc(OCc2ccc(F)cc2F)c(Br)c(=O)n1-c1ccnc(C#N)n1. The lowest BCUT2D eigenvalue weighted by molar-refractivity contribution is 0.296. The molecule has 3 aromatic rings. The first-order chi connectivity index (χ1) is 12.9. The van der Waals surface area contributed by atoms with Gasteiger partial charge in [0.15, 0.2) is 0 Å². The van der Waals surface area contributed by atoms with Crippen LogP contribution in [0.25, 0.3) is 5.82 Å². The lowest BCUT2D eigenvalue weighted by Gasteiger charge is -2.14. The standard InChI is InChI=1S/C18H11BrF2N4O2/c1-10-6-14(27-9-11-2-3-12(20)7-13(11)21)17(19)18(26)25(10)16-4-5-23-15(8-22)24-16/h2-7H,9H2,1H3. The molecular weight excluding hydrogens is 422 g/mol. The monoisotopic (exact) mass is 432 g/mol. The van der Waals surface area contributed by atoms with E-state index >= 15 is 0 Å². The van der Waals surface area contributed by atoms with Crippen LogP contribution in [-0.2, 0) is 6.61 Å². The van der Waals surface area contributed by atoms with Gasteiger partial charge < -0.3 is 4.74 Å². The van der Waals surface area contributed by atoms with Crippen molar-refractivity contribution in [1.82, 2.24) is 14.5 Å². The summed E-state index contributed by atoms with van der Waals surface area (Å²) in [5.41, 5.74) is 0.173. The molecule has 0 fully saturated rings. The summed E-state index contributed by atoms with van der Waals surface area (Å²) in [6, 6.07) is 8.04. The molecule has 136 valence electrons. The van der Waals surface area contributed by atoms with Crippen molar-refractivity contribution in [3.8, 4) is 17.6 Å². The van der Waals surface area contributed by atoms with E-state index in [1.54, 1.807) is 13.0 Å². The van der Waals surface area contributed by atoms with Crippen LogP contribution in [0.3, 0.4) is 0 Å². The lowest BCUT2D eigenvalue weighted by atomic mass is 10.2. The zero-order valence-electron chi connectivity index (χ0n) is 13.9. The molecule has 0 aliphatic rings. The second kappa shape index (κ2) is 7.63. The molecule has 0 atom stereocenters. The Kier molecular flexibility index (Phi) is 5.28. The Morgan fingerprint density at radius 1 is 1.30 bits per heavy atom. The molecule has 3 rings (SSSR count). The van der Waals surface area contributed by atoms with Crippen molar-refractivity contribution in [2.24, 2.45) is 0 Å². The van der Waals surface area contributed by atoms with Gasteiger partial charge in [0.25, 0.3) is 5.56 Å². The van der Waals surface area contributed by atoms with Crippen molar-refractivity contribution in [3.05, 3.63) is 80.1 Å². The number of pyridine rings is 1. The number of halogens is 3. The maximum absolute atomic E-state index is 13.7. The second-order valence-electron chi connectivity index (χ2n) is 5.48. The molecule has 0 amide bonds. The Bertz CT molecular complexity index is 1130. The fraction of sp³-hybridized carbons (Fsp3) is 0.111. The van der Waals surface area contributed by atoms with Crippen LogP contribution in [0.5, 0.6) is 5.75 Å². The predicted molar refractivity (Wildman–Crippen MR) is 95.5 cm³/mol. The zero-order chi connectivity index (χ0) is 19.6. The quantitative estimate of drug-likeness (QED) is 0.630. The van der Waals surface area contributed by atoms with Gasteiger partial charge in [0.2, 0.25) is 5.82 Å². The lowest BCUT2D eigenvalue weighted by Crippen LogP contribution is -2.23. The fourth-order valence-corrected chi connectivity index (χ4v) is 2.80. The largest absolute Gasteiger partial charge is 0.487 e. The summed E-state index contributed by atoms with van der Waals surface area (Å²) in [4.78, 5) is 20.5. The third-order valence-corrected chi connectivity index (χ3v) is 4.40. The summed E-state index contributed by atoms with van der Waals surface area (Å²) >= 11 is 3.18. The van der Waals surface area contributed by atoms with E-state index in [4.69, 9.17) is 10.00 Å². The molecule has 27 heavy (non-hydrogen) atoms. The first-order valence-electron chi connectivity index (χ1n) is 7.63. The highest BCUT2D eigenvalue weighted by molar-refractivity contribution is 9.10. The molecule has 9 heteroatoms. The summed E-state index contributed by atoms with van der Waals surface area (Å²) < 4.78 is 33.6. The summed E-state index contributed by atoms with van der Waals surface area (Å²) in [7, 11) is 0. The number of hydrogen-bond acceptors (Lipinski definition) is 5. The number of hydrogen-bond donors (Lipinski definition) is 0. The minimum atomic E-state index is -0.735. The van der Waals surface area contributed by atoms with Gasteiger partial charge in [-0.1, -0.05) is 0 Å². The molecule has 1 aromatic carbocycles. The third-order valence-electron chi connectivity index (χ3n) is 3.67. The summed E-state index contributed by atoms with van der Waals surface area (Å²) in [5.74, 6) is -1.05. The number of rotatable bonds is 4. The van der Waals surface area contributed by atoms with E-state index < -0.39 is 17.2 Å². The Hall–Kier alpha value is -3.12. The summed E-state index contributed by atoms with van der Waals surface area (Å²) in [6.45, 7) is 1.48. The van der Waals surface area contributed by atoms with Gasteiger partial charge in [0.1, 0.15) is 40.4 Å². The predicted octanol–water partition coefficient (Wildman–Crippen LogP) is 3.43. The molecule has 0 spiro atoms. The van der Waals surface area contributed by atoms with Crippen LogP contribution in [0, 0.1) is 29.9 Å². The highest BCUT2D eigenvalue weighted by atomic mass is 79.9. The highest BCUT2D eigenvalue weighted by Gasteiger charge is 2.15. The van der Waals surface area contributed by atoms with Crippen LogP contribution in [-0.4, -0.2) is 14.5 Å². The van der Waals surface area contributed by atoms with Gasteiger partial charge in [-0.2, -0.15) is 5.26 Å². The van der Waals surface area contributed by atoms with Crippen LogP contribution in [0.4, 0.5) is 8.78 Å². The first-order valence-corrected chi connectivity index (χ1v) is 8.42. The average molecular weight is 433 g/mol. The van der Waals surface area contributed by atoms with Crippen molar-refractivity contribution < 1.29 is 13.5 Å². The molecule has 0 aliphatic carbocycles. The van der Waals surface area contributed by atoms with Crippen LogP contribution < -0.4 is 10.3 Å². The third kappa shape index (κ3) is 3.85. The molecule has 6 nitrogen and oxygen atoms in total. The number of aryl methyl sites for hydroxylation is 1. The van der Waals surface area contributed by atoms with Crippen LogP contribution in [0.1, 0.15) is 17.1 Å². The molecule has 2 heterocycles. The molecule has 0 saturated heterocycles. The normalized spacial score (nSPS) is 10.5. The summed E-state index contributed by atoms with van der Waals surface area (Å²) in [6.07, 6.45) is 1.38. The highest BCUT2D eigenvalue weighted by Crippen LogP contribution is 2.25. The Labute approximate surface area is 160 Å². The number of ether oxygens (including phenoxy) is 1. The molecule has 0 bridgehead atoms. The van der Waals surface area contributed by atoms with Crippen molar-refractivity contribution in [2.75, 3.05) is 0 Å². The van der Waals surface area contributed by atoms with Gasteiger partial charge in [-0.15, -0.1) is 0 Å². The van der Waals surface area contributed by atoms with E-state index in [1.807, 2.05) is 6.07 Å². The smallest absolute Gasteiger partial charge is 0.274 e. The van der Waals surface area contributed by atoms with Crippen LogP contribution >= 0.6 is 15.9 Å². The van der Waals surface area contributed by atoms with Gasteiger partial charge in [-0.3, -0.25) is 9.36 Å². The Balaban J connectivity index is 1.95. The molecule has 0 saturated carbocycles. The van der Waals surface area contributed by atoms with E-state index in [0.29, 0.717) is 5.69 Å². The molecule has 0 N–H and O–H groups in total. The molecule has 0 aliphatic heterocycles. The Morgan fingerprint density at radius 3 is 2.78 bits per heavy atom. The maximum Gasteiger partial charge on any atom is 0.274 e. The van der Waals surface area contributed by atoms with Crippen molar-refractivity contribution >= 4 is 15.9 Å². The van der Waals surface area contributed by atoms with Crippen molar-refractivity contribution in [2.45, 2.75) is 13.5 Å². The summed E-state index contributed by atoms with van der Waals surface area (Å²) in [5, 5.41) is 8.92. The van der Waals surface area contributed by atoms with E-state index in [-0.39, 0.29) is 34.0 Å². The minimum Gasteiger partial charge on any atom is -0.487 e. The number of nitrogens with zero attached hydrogens (tertiary/aromatic N) is 4. The average Bonchev–Trinajstić information content (AvgIpc) is 2.65. The van der Waals surface area contributed by atoms with Crippen LogP contribution in [0.15, 0.2) is 45.8 Å². The van der Waals surface area contributed by atoms with E-state index in [9.17, 15) is 13.6 Å². The zero-order valence-corrected chi connectivity index (χ0v) is 15.5. The van der Waals surface area contributed by atoms with Gasteiger partial charge in [-0.25, -0.2) is 18.7 Å². The maximum atomic E-state index is 13.7. The number of benzene rings is 1. The van der Waals surface area contributed by atoms with Gasteiger partial charge >= 0.3 is 0 Å². The second-order valence-corrected chi connectivity index (χ2v) is 6.27. The first kappa shape index (κ1) is 18.7. The number of nitriles is 1. The topological polar surface area (TPSA) is 80.8 Å². The van der Waals surface area contributed by atoms with Gasteiger partial charge in [0.05, 0.1) is 0 Å². The molecule has 0 unspecified atom stereocenters. The van der Waals surface area contributed by atoms with Crippen molar-refractivity contribution in [1.29, 1.82) is 5.26 Å². The van der Waals surface area contributed by atoms with E-state index in [2.05, 4.69) is 25.9 Å². The van der Waals surface area contributed by atoms with Crippen molar-refractivity contribution in [3.63, 3.8) is 0 Å². The van der Waals surface area contributed by atoms with Gasteiger partial charge in [0, 0.05) is 29.6 Å². The van der Waals surface area contributed by atoms with E-state index in [1.165, 1.54) is 22.9 Å². The van der Waals surface area contributed by atoms with E-state index in [0.717, 1.165) is 12.1 Å². The molecular formula is C18H11BrF2N4O2. The molecule has 0 radical (unpaired) electrons. The van der Waals surface area contributed by atoms with Gasteiger partial charge in [-0.05, 0) is 41.1 Å². The Morgan fingerprint density at radius 2 is 2.07 bits per heavy atom. The number of aromatic nitrogens is 3. The molecule has 2 aromatic heterocycles. The minimum absolute atomic E-state index is 0.0676. The fourth-order valence-electron chi connectivity index (χ4n) is 2.39.